The van der Waals surface area contributed by atoms with Gasteiger partial charge in [0.25, 0.3) is 0 Å². The Morgan fingerprint density at radius 1 is 0.260 bits per heavy atom. The summed E-state index contributed by atoms with van der Waals surface area (Å²) < 4.78 is 1.89. The zero-order valence-electron chi connectivity index (χ0n) is 49.9. The summed E-state index contributed by atoms with van der Waals surface area (Å²) in [6, 6.07) is 84.3. The van der Waals surface area contributed by atoms with Gasteiger partial charge >= 0.3 is 0 Å². The Labute approximate surface area is 585 Å². The molecule has 0 aliphatic rings. The Kier molecular flexibility index (Phi) is 18.7. The van der Waals surface area contributed by atoms with Gasteiger partial charge in [0, 0.05) is 87.6 Å². The van der Waals surface area contributed by atoms with E-state index in [-0.39, 0.29) is 15.9 Å². The van der Waals surface area contributed by atoms with Gasteiger partial charge in [-0.15, -0.1) is 0 Å². The maximum Gasteiger partial charge on any atom is 0.227 e. The van der Waals surface area contributed by atoms with Gasteiger partial charge in [-0.05, 0) is 111 Å². The van der Waals surface area contributed by atoms with E-state index in [1.807, 2.05) is 194 Å². The van der Waals surface area contributed by atoms with Crippen LogP contribution in [0.3, 0.4) is 0 Å². The van der Waals surface area contributed by atoms with Crippen LogP contribution in [-0.2, 0) is 0 Å². The van der Waals surface area contributed by atoms with Crippen molar-refractivity contribution in [2.24, 2.45) is 0 Å². The van der Waals surface area contributed by atoms with Crippen molar-refractivity contribution < 1.29 is 0 Å². The second kappa shape index (κ2) is 28.6. The maximum absolute atomic E-state index is 6.39. The van der Waals surface area contributed by atoms with Gasteiger partial charge in [-0.25, -0.2) is 44.9 Å². The molecule has 0 radical (unpaired) electrons. The van der Waals surface area contributed by atoms with Crippen LogP contribution in [0.4, 0.5) is 0 Å². The molecule has 0 unspecified atom stereocenters. The maximum atomic E-state index is 6.39. The van der Waals surface area contributed by atoms with E-state index in [0.717, 1.165) is 125 Å². The Hall–Kier alpha value is -10.6. The molecule has 0 saturated heterocycles. The van der Waals surface area contributed by atoms with Crippen LogP contribution >= 0.6 is 78.3 Å². The third kappa shape index (κ3) is 14.3. The smallest absolute Gasteiger partial charge is 0.227 e. The van der Waals surface area contributed by atoms with Gasteiger partial charge in [-0.2, -0.15) is 15.0 Å². The van der Waals surface area contributed by atoms with Crippen LogP contribution in [-0.4, -0.2) is 69.8 Å². The zero-order chi connectivity index (χ0) is 65.5. The van der Waals surface area contributed by atoms with E-state index in [4.69, 9.17) is 86.3 Å². The summed E-state index contributed by atoms with van der Waals surface area (Å²) in [5.41, 5.74) is 13.5. The number of para-hydroxylation sites is 2. The summed E-state index contributed by atoms with van der Waals surface area (Å²) in [6.45, 7) is 0. The van der Waals surface area contributed by atoms with E-state index >= 15 is 0 Å². The van der Waals surface area contributed by atoms with E-state index in [9.17, 15) is 0 Å². The molecule has 0 N–H and O–H groups in total. The van der Waals surface area contributed by atoms with Crippen molar-refractivity contribution >= 4 is 144 Å². The number of hydrogen-bond acceptors (Lipinski definition) is 14. The van der Waals surface area contributed by atoms with Gasteiger partial charge < -0.3 is 0 Å². The molecular formula is C76H44Br2Cl4N14. The Morgan fingerprint density at radius 2 is 0.667 bits per heavy atom. The summed E-state index contributed by atoms with van der Waals surface area (Å²) in [7, 11) is 0. The number of aromatic nitrogens is 14. The molecule has 0 bridgehead atoms. The van der Waals surface area contributed by atoms with Crippen molar-refractivity contribution in [1.29, 1.82) is 0 Å². The average Bonchev–Trinajstić information content (AvgIpc) is 0.811. The molecule has 8 aromatic heterocycles. The molecule has 0 fully saturated rings. The summed E-state index contributed by atoms with van der Waals surface area (Å²) >= 11 is 29.2. The lowest BCUT2D eigenvalue weighted by Gasteiger charge is -2.11. The lowest BCUT2D eigenvalue weighted by molar-refractivity contribution is 1.05. The van der Waals surface area contributed by atoms with E-state index in [1.54, 1.807) is 12.4 Å². The van der Waals surface area contributed by atoms with Crippen molar-refractivity contribution in [3.63, 3.8) is 0 Å². The number of pyridine rings is 4. The lowest BCUT2D eigenvalue weighted by Crippen LogP contribution is -2.01. The van der Waals surface area contributed by atoms with E-state index in [0.29, 0.717) is 34.0 Å². The molecule has 0 saturated carbocycles. The van der Waals surface area contributed by atoms with Gasteiger partial charge in [0.1, 0.15) is 10.3 Å². The lowest BCUT2D eigenvalue weighted by atomic mass is 10.1. The van der Waals surface area contributed by atoms with Crippen LogP contribution in [0, 0.1) is 0 Å². The zero-order valence-corrected chi connectivity index (χ0v) is 56.1. The Bertz CT molecular complexity index is 5660. The molecule has 0 aliphatic carbocycles. The highest BCUT2D eigenvalue weighted by Gasteiger charge is 2.18. The molecule has 0 aliphatic heterocycles. The number of halogens is 6. The number of fused-ring (bicyclic) bond motifs is 8. The molecular weight excluding hydrogens is 1410 g/mol. The fourth-order valence-corrected chi connectivity index (χ4v) is 12.0. The predicted octanol–water partition coefficient (Wildman–Crippen LogP) is 21.0. The minimum absolute atomic E-state index is 0.000000000000000444. The molecule has 14 nitrogen and oxygen atoms in total. The molecule has 9 aromatic carbocycles. The second-order valence-electron chi connectivity index (χ2n) is 21.4. The number of nitrogens with zero attached hydrogens (tertiary/aromatic N) is 14. The predicted molar refractivity (Wildman–Crippen MR) is 393 cm³/mol. The van der Waals surface area contributed by atoms with Crippen molar-refractivity contribution in [3.05, 3.63) is 297 Å². The van der Waals surface area contributed by atoms with Crippen LogP contribution < -0.4 is 0 Å². The van der Waals surface area contributed by atoms with Crippen molar-refractivity contribution in [3.8, 4) is 79.6 Å². The highest BCUT2D eigenvalue weighted by atomic mass is 79.9. The quantitative estimate of drug-likeness (QED) is 0.109. The van der Waals surface area contributed by atoms with Crippen LogP contribution in [0.2, 0.25) is 20.9 Å². The average molecular weight is 1450 g/mol. The van der Waals surface area contributed by atoms with Gasteiger partial charge in [0.15, 0.2) is 29.1 Å². The molecule has 96 heavy (non-hydrogen) atoms. The van der Waals surface area contributed by atoms with Gasteiger partial charge in [0.2, 0.25) is 15.9 Å². The third-order valence-corrected chi connectivity index (χ3v) is 16.8. The fourth-order valence-electron chi connectivity index (χ4n) is 10.6. The summed E-state index contributed by atoms with van der Waals surface area (Å²) in [5.74, 6) is 2.84. The largest absolute Gasteiger partial charge is 0.254 e. The van der Waals surface area contributed by atoms with Crippen molar-refractivity contribution in [2.45, 2.75) is 0 Å². The van der Waals surface area contributed by atoms with Crippen molar-refractivity contribution in [1.82, 2.24) is 69.8 Å². The molecule has 8 heterocycles. The van der Waals surface area contributed by atoms with Crippen LogP contribution in [0.5, 0.6) is 0 Å². The second-order valence-corrected chi connectivity index (χ2v) is 24.5. The third-order valence-electron chi connectivity index (χ3n) is 15.1. The van der Waals surface area contributed by atoms with E-state index < -0.39 is 0 Å². The normalized spacial score (nSPS) is 11.0. The topological polar surface area (TPSA) is 180 Å². The standard InChI is InChI=1S/C41H24ClN7.C20H13BrN2.C12H7BrN2.C3Cl3N3/c42-31-12-6-10-30(24-31)40-47-39(48-41(49-40)34-22-21-27-16-15-26-11-7-23-43-36(26)37(27)44-34)29-19-17-28(18-20-29)38-45-33-14-5-4-13-32(33)35(46-38)25-8-2-1-3-9-25;21-16-12-10-15(11-13-16)20-22-18-9-5-4-8-17(18)19(23-20)14-6-2-1-3-7-14;13-10-6-5-9-4-3-8-2-1-7-14-11(8)12(9)15-10;4-1-7-2(5)9-3(6)8-1/h1-24H;1-13H;1-7H;. The molecule has 460 valence electrons. The minimum Gasteiger partial charge on any atom is -0.254 e. The minimum atomic E-state index is 0.000000000000000444. The first kappa shape index (κ1) is 62.9. The first-order chi connectivity index (χ1) is 47.0. The van der Waals surface area contributed by atoms with Crippen LogP contribution in [0.15, 0.2) is 276 Å². The van der Waals surface area contributed by atoms with Gasteiger partial charge in [0.05, 0.1) is 44.5 Å². The molecule has 20 heteroatoms. The summed E-state index contributed by atoms with van der Waals surface area (Å²) in [6.07, 6.45) is 3.58. The van der Waals surface area contributed by atoms with Gasteiger partial charge in [-0.3, -0.25) is 9.97 Å². The highest BCUT2D eigenvalue weighted by Crippen LogP contribution is 2.34. The highest BCUT2D eigenvalue weighted by molar-refractivity contribution is 9.10. The molecule has 17 rings (SSSR count). The van der Waals surface area contributed by atoms with E-state index in [2.05, 4.69) is 122 Å². The summed E-state index contributed by atoms with van der Waals surface area (Å²) in [4.78, 5) is 63.1. The Morgan fingerprint density at radius 3 is 1.18 bits per heavy atom. The number of rotatable bonds is 7. The molecule has 0 amide bonds. The SMILES string of the molecule is Brc1ccc(-c2nc(-c3ccccc3)c3ccccc3n2)cc1.Brc1ccc2ccc3cccnc3c2n1.Clc1cccc(-c2nc(-c3ccc(-c4nc(-c5ccccc5)c5ccccc5n4)cc3)nc(-c3ccc4ccc5cccnc5c4n3)n2)c1.Clc1nc(Cl)nc(Cl)n1. The number of benzene rings is 9. The Balaban J connectivity index is 0.000000137. The first-order valence-electron chi connectivity index (χ1n) is 29.7. The van der Waals surface area contributed by atoms with Gasteiger partial charge in [-0.1, -0.05) is 222 Å². The first-order valence-corrected chi connectivity index (χ1v) is 32.8. The van der Waals surface area contributed by atoms with Crippen molar-refractivity contribution in [2.75, 3.05) is 0 Å². The molecule has 17 aromatic rings. The fraction of sp³-hybridized carbons (Fsp3) is 0. The van der Waals surface area contributed by atoms with Crippen LogP contribution in [0.25, 0.3) is 145 Å². The molecule has 0 spiro atoms. The number of hydrogen-bond donors (Lipinski definition) is 0. The van der Waals surface area contributed by atoms with Crippen LogP contribution in [0.1, 0.15) is 0 Å². The van der Waals surface area contributed by atoms with E-state index in [1.165, 1.54) is 0 Å². The monoisotopic (exact) mass is 1450 g/mol. The summed E-state index contributed by atoms with van der Waals surface area (Å²) in [5, 5.41) is 6.91. The molecule has 0 atom stereocenters.